The van der Waals surface area contributed by atoms with Gasteiger partial charge in [-0.1, -0.05) is 18.5 Å². The summed E-state index contributed by atoms with van der Waals surface area (Å²) >= 11 is 5.82. The number of rotatable bonds is 3. The fourth-order valence-electron chi connectivity index (χ4n) is 1.46. The molecule has 1 aromatic carbocycles. The smallest absolute Gasteiger partial charge is 0.134 e. The van der Waals surface area contributed by atoms with E-state index in [4.69, 9.17) is 16.0 Å². The van der Waals surface area contributed by atoms with Crippen molar-refractivity contribution in [1.82, 2.24) is 0 Å². The van der Waals surface area contributed by atoms with E-state index in [0.717, 1.165) is 34.9 Å². The van der Waals surface area contributed by atoms with Crippen molar-refractivity contribution in [3.63, 3.8) is 0 Å². The highest BCUT2D eigenvalue weighted by Gasteiger charge is 2.03. The van der Waals surface area contributed by atoms with Gasteiger partial charge < -0.3 is 4.42 Å². The number of hydrogen-bond acceptors (Lipinski definition) is 1. The first-order valence-corrected chi connectivity index (χ1v) is 5.31. The third kappa shape index (κ3) is 2.42. The average molecular weight is 220 g/mol. The minimum atomic E-state index is 0.739. The molecule has 0 aliphatic rings. The second-order valence-electron chi connectivity index (χ2n) is 3.38. The summed E-state index contributed by atoms with van der Waals surface area (Å²) in [6.07, 6.45) is 1.74. The first kappa shape index (κ1) is 10.3. The molecule has 0 unspecified atom stereocenters. The van der Waals surface area contributed by atoms with Crippen LogP contribution in [-0.4, -0.2) is 0 Å². The van der Waals surface area contributed by atoms with Crippen LogP contribution in [-0.2, 0) is 6.42 Å². The molecular formula is C13H12ClO. The highest BCUT2D eigenvalue weighted by atomic mass is 35.5. The van der Waals surface area contributed by atoms with Crippen LogP contribution in [0.1, 0.15) is 12.2 Å². The van der Waals surface area contributed by atoms with Gasteiger partial charge in [-0.15, -0.1) is 0 Å². The Kier molecular flexibility index (Phi) is 3.12. The van der Waals surface area contributed by atoms with Gasteiger partial charge in [0.1, 0.15) is 11.5 Å². The lowest BCUT2D eigenvalue weighted by molar-refractivity contribution is 0.522. The van der Waals surface area contributed by atoms with Crippen LogP contribution in [0.15, 0.2) is 40.8 Å². The number of furan rings is 1. The molecule has 0 saturated heterocycles. The highest BCUT2D eigenvalue weighted by Crippen LogP contribution is 2.24. The molecule has 0 bridgehead atoms. The van der Waals surface area contributed by atoms with Gasteiger partial charge in [0.05, 0.1) is 0 Å². The monoisotopic (exact) mass is 219 g/mol. The molecule has 0 spiro atoms. The third-order valence-corrected chi connectivity index (χ3v) is 2.47. The Morgan fingerprint density at radius 1 is 1.07 bits per heavy atom. The normalized spacial score (nSPS) is 10.5. The van der Waals surface area contributed by atoms with Crippen LogP contribution in [0, 0.1) is 6.92 Å². The van der Waals surface area contributed by atoms with E-state index in [0.29, 0.717) is 0 Å². The summed E-state index contributed by atoms with van der Waals surface area (Å²) in [6, 6.07) is 11.6. The van der Waals surface area contributed by atoms with Crippen molar-refractivity contribution < 1.29 is 4.42 Å². The molecule has 1 aromatic heterocycles. The Morgan fingerprint density at radius 2 is 1.80 bits per heavy atom. The molecule has 0 aliphatic heterocycles. The van der Waals surface area contributed by atoms with E-state index >= 15 is 0 Å². The van der Waals surface area contributed by atoms with Crippen LogP contribution >= 0.6 is 11.6 Å². The van der Waals surface area contributed by atoms with Crippen molar-refractivity contribution in [2.75, 3.05) is 0 Å². The molecule has 0 aliphatic carbocycles. The van der Waals surface area contributed by atoms with Crippen LogP contribution in [0.4, 0.5) is 0 Å². The molecule has 0 N–H and O–H groups in total. The van der Waals surface area contributed by atoms with Crippen molar-refractivity contribution >= 4 is 11.6 Å². The molecule has 1 heterocycles. The minimum Gasteiger partial charge on any atom is -0.461 e. The van der Waals surface area contributed by atoms with E-state index in [1.165, 1.54) is 0 Å². The Morgan fingerprint density at radius 3 is 2.47 bits per heavy atom. The zero-order chi connectivity index (χ0) is 10.7. The van der Waals surface area contributed by atoms with Gasteiger partial charge in [0.2, 0.25) is 0 Å². The molecule has 0 saturated carbocycles. The van der Waals surface area contributed by atoms with E-state index < -0.39 is 0 Å². The Balaban J connectivity index is 2.25. The predicted molar refractivity (Wildman–Crippen MR) is 62.8 cm³/mol. The lowest BCUT2D eigenvalue weighted by Crippen LogP contribution is -1.76. The van der Waals surface area contributed by atoms with Crippen molar-refractivity contribution in [1.29, 1.82) is 0 Å². The van der Waals surface area contributed by atoms with Gasteiger partial charge in [0.15, 0.2) is 0 Å². The fraction of sp³-hybridized carbons (Fsp3) is 0.154. The molecule has 0 atom stereocenters. The minimum absolute atomic E-state index is 0.739. The van der Waals surface area contributed by atoms with Crippen LogP contribution in [0.5, 0.6) is 0 Å². The van der Waals surface area contributed by atoms with Gasteiger partial charge in [0, 0.05) is 17.0 Å². The molecule has 1 radical (unpaired) electrons. The van der Waals surface area contributed by atoms with Crippen LogP contribution in [0.3, 0.4) is 0 Å². The fourth-order valence-corrected chi connectivity index (χ4v) is 1.58. The Hall–Kier alpha value is -1.21. The summed E-state index contributed by atoms with van der Waals surface area (Å²) < 4.78 is 5.67. The van der Waals surface area contributed by atoms with E-state index in [-0.39, 0.29) is 0 Å². The standard InChI is InChI=1S/C13H12ClO/c1-2-3-12-8-9-13(15-12)10-4-6-11(14)7-5-10/h4-9H,1-3H2. The van der Waals surface area contributed by atoms with Crippen molar-refractivity contribution in [2.45, 2.75) is 12.8 Å². The summed E-state index contributed by atoms with van der Waals surface area (Å²) in [5.41, 5.74) is 1.05. The summed E-state index contributed by atoms with van der Waals surface area (Å²) in [6.45, 7) is 3.80. The zero-order valence-corrected chi connectivity index (χ0v) is 9.13. The molecule has 2 aromatic rings. The second-order valence-corrected chi connectivity index (χ2v) is 3.81. The molecule has 15 heavy (non-hydrogen) atoms. The number of aryl methyl sites for hydroxylation is 1. The van der Waals surface area contributed by atoms with E-state index in [1.54, 1.807) is 0 Å². The van der Waals surface area contributed by atoms with Crippen molar-refractivity contribution in [2.24, 2.45) is 0 Å². The number of hydrogen-bond donors (Lipinski definition) is 0. The molecular weight excluding hydrogens is 208 g/mol. The largest absolute Gasteiger partial charge is 0.461 e. The van der Waals surface area contributed by atoms with Gasteiger partial charge in [-0.3, -0.25) is 0 Å². The number of benzene rings is 1. The second kappa shape index (κ2) is 4.54. The molecule has 2 heteroatoms. The van der Waals surface area contributed by atoms with Crippen molar-refractivity contribution in [3.05, 3.63) is 54.1 Å². The highest BCUT2D eigenvalue weighted by molar-refractivity contribution is 6.30. The van der Waals surface area contributed by atoms with Gasteiger partial charge in [0.25, 0.3) is 0 Å². The summed E-state index contributed by atoms with van der Waals surface area (Å²) in [5, 5.41) is 0.739. The maximum Gasteiger partial charge on any atom is 0.134 e. The molecule has 0 fully saturated rings. The van der Waals surface area contributed by atoms with Gasteiger partial charge in [-0.2, -0.15) is 0 Å². The average Bonchev–Trinajstić information content (AvgIpc) is 2.68. The maximum atomic E-state index is 5.82. The lowest BCUT2D eigenvalue weighted by Gasteiger charge is -1.97. The summed E-state index contributed by atoms with van der Waals surface area (Å²) in [5.74, 6) is 1.87. The van der Waals surface area contributed by atoms with Crippen LogP contribution in [0.2, 0.25) is 5.02 Å². The van der Waals surface area contributed by atoms with E-state index in [1.807, 2.05) is 36.4 Å². The molecule has 0 amide bonds. The molecule has 2 rings (SSSR count). The van der Waals surface area contributed by atoms with Crippen LogP contribution < -0.4 is 0 Å². The van der Waals surface area contributed by atoms with Gasteiger partial charge in [-0.25, -0.2) is 0 Å². The van der Waals surface area contributed by atoms with E-state index in [2.05, 4.69) is 6.92 Å². The first-order valence-electron chi connectivity index (χ1n) is 4.93. The van der Waals surface area contributed by atoms with Gasteiger partial charge in [-0.05, 0) is 42.8 Å². The maximum absolute atomic E-state index is 5.82. The first-order chi connectivity index (χ1) is 7.29. The Bertz CT molecular complexity index is 428. The number of halogens is 1. The van der Waals surface area contributed by atoms with Gasteiger partial charge >= 0.3 is 0 Å². The van der Waals surface area contributed by atoms with Crippen LogP contribution in [0.25, 0.3) is 11.3 Å². The quantitative estimate of drug-likeness (QED) is 0.747. The zero-order valence-electron chi connectivity index (χ0n) is 8.37. The van der Waals surface area contributed by atoms with E-state index in [9.17, 15) is 0 Å². The Labute approximate surface area is 94.7 Å². The molecule has 77 valence electrons. The predicted octanol–water partition coefficient (Wildman–Crippen LogP) is 4.37. The molecule has 1 nitrogen and oxygen atoms in total. The van der Waals surface area contributed by atoms with Crippen molar-refractivity contribution in [3.8, 4) is 11.3 Å². The SMILES string of the molecule is [CH2]CCc1ccc(-c2ccc(Cl)cc2)o1. The summed E-state index contributed by atoms with van der Waals surface area (Å²) in [4.78, 5) is 0. The lowest BCUT2D eigenvalue weighted by atomic mass is 10.2. The topological polar surface area (TPSA) is 13.1 Å². The summed E-state index contributed by atoms with van der Waals surface area (Å²) in [7, 11) is 0. The third-order valence-electron chi connectivity index (χ3n) is 2.21.